The molecule has 86 valence electrons. The fourth-order valence-corrected chi connectivity index (χ4v) is 2.39. The van der Waals surface area contributed by atoms with Crippen molar-refractivity contribution in [3.05, 3.63) is 0 Å². The minimum Gasteiger partial charge on any atom is -0.301 e. The molecule has 0 aliphatic heterocycles. The summed E-state index contributed by atoms with van der Waals surface area (Å²) in [6.07, 6.45) is 5.63. The lowest BCUT2D eigenvalue weighted by Crippen LogP contribution is -2.33. The molecule has 0 heterocycles. The highest BCUT2D eigenvalue weighted by molar-refractivity contribution is 4.80. The van der Waals surface area contributed by atoms with Gasteiger partial charge in [-0.05, 0) is 44.7 Å². The molecule has 0 saturated heterocycles. The van der Waals surface area contributed by atoms with Gasteiger partial charge in [-0.3, -0.25) is 0 Å². The minimum atomic E-state index is 0.907. The van der Waals surface area contributed by atoms with Crippen LogP contribution in [0.25, 0.3) is 0 Å². The predicted octanol–water partition coefficient (Wildman–Crippen LogP) is 3.93. The van der Waals surface area contributed by atoms with Gasteiger partial charge in [0.15, 0.2) is 0 Å². The first-order valence-corrected chi connectivity index (χ1v) is 6.52. The van der Waals surface area contributed by atoms with E-state index in [9.17, 15) is 0 Å². The summed E-state index contributed by atoms with van der Waals surface area (Å²) in [7, 11) is 0. The van der Waals surface area contributed by atoms with Gasteiger partial charge in [-0.15, -0.1) is 0 Å². The number of hydrogen-bond acceptors (Lipinski definition) is 1. The van der Waals surface area contributed by atoms with Crippen molar-refractivity contribution in [1.82, 2.24) is 4.90 Å². The fourth-order valence-electron chi connectivity index (χ4n) is 2.39. The molecule has 0 aromatic carbocycles. The third kappa shape index (κ3) is 4.45. The zero-order chi connectivity index (χ0) is 11.0. The van der Waals surface area contributed by atoms with E-state index in [-0.39, 0.29) is 0 Å². The Morgan fingerprint density at radius 1 is 1.14 bits per heavy atom. The second-order valence-corrected chi connectivity index (χ2v) is 4.20. The maximum absolute atomic E-state index is 2.66. The van der Waals surface area contributed by atoms with Crippen molar-refractivity contribution in [2.24, 2.45) is 5.92 Å². The molecule has 1 aliphatic rings. The maximum atomic E-state index is 2.66. The van der Waals surface area contributed by atoms with Crippen LogP contribution in [0.2, 0.25) is 0 Å². The summed E-state index contributed by atoms with van der Waals surface area (Å²) in [6.45, 7) is 13.5. The summed E-state index contributed by atoms with van der Waals surface area (Å²) in [6, 6.07) is 0.907. The molecule has 1 rings (SSSR count). The zero-order valence-electron chi connectivity index (χ0n) is 10.8. The molecule has 0 aromatic rings. The van der Waals surface area contributed by atoms with Crippen LogP contribution in [0.5, 0.6) is 0 Å². The molecule has 2 unspecified atom stereocenters. The second-order valence-electron chi connectivity index (χ2n) is 4.20. The van der Waals surface area contributed by atoms with Crippen molar-refractivity contribution in [3.8, 4) is 0 Å². The highest BCUT2D eigenvalue weighted by Gasteiger charge is 2.24. The summed E-state index contributed by atoms with van der Waals surface area (Å²) in [4.78, 5) is 2.66. The number of hydrogen-bond donors (Lipinski definition) is 0. The third-order valence-electron chi connectivity index (χ3n) is 3.10. The number of rotatable bonds is 4. The van der Waals surface area contributed by atoms with E-state index in [0.29, 0.717) is 0 Å². The van der Waals surface area contributed by atoms with Crippen LogP contribution in [-0.2, 0) is 0 Å². The monoisotopic (exact) mass is 199 g/mol. The van der Waals surface area contributed by atoms with Crippen LogP contribution in [0.4, 0.5) is 0 Å². The topological polar surface area (TPSA) is 3.24 Å². The van der Waals surface area contributed by atoms with Gasteiger partial charge in [0.2, 0.25) is 0 Å². The van der Waals surface area contributed by atoms with Crippen LogP contribution in [0.1, 0.15) is 60.3 Å². The van der Waals surface area contributed by atoms with Crippen LogP contribution in [0.3, 0.4) is 0 Å². The van der Waals surface area contributed by atoms with E-state index < -0.39 is 0 Å². The van der Waals surface area contributed by atoms with Crippen LogP contribution < -0.4 is 0 Å². The Labute approximate surface area is 90.9 Å². The molecule has 14 heavy (non-hydrogen) atoms. The van der Waals surface area contributed by atoms with Gasteiger partial charge >= 0.3 is 0 Å². The van der Waals surface area contributed by atoms with Crippen molar-refractivity contribution in [2.75, 3.05) is 13.1 Å². The molecule has 0 N–H and O–H groups in total. The lowest BCUT2D eigenvalue weighted by molar-refractivity contribution is 0.206. The maximum Gasteiger partial charge on any atom is 0.00977 e. The van der Waals surface area contributed by atoms with E-state index >= 15 is 0 Å². The first kappa shape index (κ1) is 14.0. The van der Waals surface area contributed by atoms with Crippen molar-refractivity contribution in [1.29, 1.82) is 0 Å². The van der Waals surface area contributed by atoms with E-state index in [4.69, 9.17) is 0 Å². The molecule has 0 spiro atoms. The second kappa shape index (κ2) is 8.28. The van der Waals surface area contributed by atoms with E-state index in [0.717, 1.165) is 12.0 Å². The predicted molar refractivity (Wildman–Crippen MR) is 65.7 cm³/mol. The summed E-state index contributed by atoms with van der Waals surface area (Å²) < 4.78 is 0. The van der Waals surface area contributed by atoms with E-state index in [1.165, 1.54) is 38.8 Å². The largest absolute Gasteiger partial charge is 0.301 e. The molecule has 1 nitrogen and oxygen atoms in total. The van der Waals surface area contributed by atoms with Gasteiger partial charge in [-0.1, -0.05) is 34.6 Å². The molecule has 1 aliphatic carbocycles. The highest BCUT2D eigenvalue weighted by atomic mass is 15.1. The lowest BCUT2D eigenvalue weighted by atomic mass is 10.1. The smallest absolute Gasteiger partial charge is 0.00977 e. The van der Waals surface area contributed by atoms with Crippen LogP contribution in [-0.4, -0.2) is 24.0 Å². The Hall–Kier alpha value is -0.0400. The molecule has 0 aromatic heterocycles. The molecule has 1 heteroatoms. The average Bonchev–Trinajstić information content (AvgIpc) is 2.64. The molecule has 0 bridgehead atoms. The van der Waals surface area contributed by atoms with Gasteiger partial charge in [-0.25, -0.2) is 0 Å². The van der Waals surface area contributed by atoms with Gasteiger partial charge < -0.3 is 4.90 Å². The lowest BCUT2D eigenvalue weighted by Gasteiger charge is -2.26. The number of nitrogens with zero attached hydrogens (tertiary/aromatic N) is 1. The third-order valence-corrected chi connectivity index (χ3v) is 3.10. The average molecular weight is 199 g/mol. The standard InChI is InChI=1S/C11H23N.C2H6/c1-4-8-12(5-2)11-7-6-10(3)9-11;1-2/h10-11H,4-9H2,1-3H3;1-2H3. The quantitative estimate of drug-likeness (QED) is 0.663. The molecule has 1 saturated carbocycles. The van der Waals surface area contributed by atoms with Crippen LogP contribution in [0.15, 0.2) is 0 Å². The molecule has 0 radical (unpaired) electrons. The zero-order valence-corrected chi connectivity index (χ0v) is 10.8. The van der Waals surface area contributed by atoms with Crippen molar-refractivity contribution in [2.45, 2.75) is 66.3 Å². The normalized spacial score (nSPS) is 26.1. The Bertz CT molecular complexity index is 120. The molecule has 0 amide bonds. The molecular weight excluding hydrogens is 170 g/mol. The van der Waals surface area contributed by atoms with Gasteiger partial charge in [0.25, 0.3) is 0 Å². The molecule has 2 atom stereocenters. The molecular formula is C13H29N. The summed E-state index contributed by atoms with van der Waals surface area (Å²) in [5.74, 6) is 0.973. The highest BCUT2D eigenvalue weighted by Crippen LogP contribution is 2.28. The van der Waals surface area contributed by atoms with Crippen LogP contribution in [0, 0.1) is 5.92 Å². The SMILES string of the molecule is CC.CCCN(CC)C1CCC(C)C1. The Morgan fingerprint density at radius 3 is 2.14 bits per heavy atom. The van der Waals surface area contributed by atoms with Crippen molar-refractivity contribution >= 4 is 0 Å². The Kier molecular flexibility index (Phi) is 8.26. The summed E-state index contributed by atoms with van der Waals surface area (Å²) in [5, 5.41) is 0. The Balaban J connectivity index is 0.000000791. The Morgan fingerprint density at radius 2 is 1.79 bits per heavy atom. The molecule has 1 fully saturated rings. The van der Waals surface area contributed by atoms with Gasteiger partial charge in [0.05, 0.1) is 0 Å². The van der Waals surface area contributed by atoms with Crippen molar-refractivity contribution < 1.29 is 0 Å². The van der Waals surface area contributed by atoms with E-state index in [2.05, 4.69) is 25.7 Å². The van der Waals surface area contributed by atoms with Crippen molar-refractivity contribution in [3.63, 3.8) is 0 Å². The fraction of sp³-hybridized carbons (Fsp3) is 1.00. The van der Waals surface area contributed by atoms with E-state index in [1.807, 2.05) is 13.8 Å². The van der Waals surface area contributed by atoms with Gasteiger partial charge in [-0.2, -0.15) is 0 Å². The summed E-state index contributed by atoms with van der Waals surface area (Å²) in [5.41, 5.74) is 0. The summed E-state index contributed by atoms with van der Waals surface area (Å²) >= 11 is 0. The first-order chi connectivity index (χ1) is 6.77. The minimum absolute atomic E-state index is 0.907. The van der Waals surface area contributed by atoms with E-state index in [1.54, 1.807) is 0 Å². The van der Waals surface area contributed by atoms with Gasteiger partial charge in [0, 0.05) is 6.04 Å². The van der Waals surface area contributed by atoms with Crippen LogP contribution >= 0.6 is 0 Å². The first-order valence-electron chi connectivity index (χ1n) is 6.52. The van der Waals surface area contributed by atoms with Gasteiger partial charge in [0.1, 0.15) is 0 Å².